The zero-order valence-corrected chi connectivity index (χ0v) is 13.7. The normalized spacial score (nSPS) is 10.8. The van der Waals surface area contributed by atoms with Gasteiger partial charge in [0.1, 0.15) is 23.6 Å². The first kappa shape index (κ1) is 15.2. The molecule has 5 heteroatoms. The number of pyridine rings is 1. The Kier molecular flexibility index (Phi) is 4.04. The summed E-state index contributed by atoms with van der Waals surface area (Å²) in [6.45, 7) is 0.454. The van der Waals surface area contributed by atoms with Gasteiger partial charge in [-0.25, -0.2) is 4.98 Å². The van der Waals surface area contributed by atoms with E-state index in [-0.39, 0.29) is 0 Å². The third-order valence-electron chi connectivity index (χ3n) is 3.81. The van der Waals surface area contributed by atoms with Crippen molar-refractivity contribution in [1.29, 1.82) is 0 Å². The summed E-state index contributed by atoms with van der Waals surface area (Å²) in [6.07, 6.45) is 3.45. The number of aromatic nitrogens is 2. The average molecular weight is 332 g/mol. The molecule has 5 nitrogen and oxygen atoms in total. The number of methoxy groups -OCH3 is 1. The molecule has 0 unspecified atom stereocenters. The van der Waals surface area contributed by atoms with Crippen molar-refractivity contribution in [2.24, 2.45) is 0 Å². The summed E-state index contributed by atoms with van der Waals surface area (Å²) in [4.78, 5) is 8.61. The summed E-state index contributed by atoms with van der Waals surface area (Å²) < 4.78 is 16.9. The van der Waals surface area contributed by atoms with Gasteiger partial charge in [-0.2, -0.15) is 0 Å². The van der Waals surface area contributed by atoms with Gasteiger partial charge in [-0.15, -0.1) is 0 Å². The van der Waals surface area contributed by atoms with Gasteiger partial charge >= 0.3 is 0 Å². The van der Waals surface area contributed by atoms with Gasteiger partial charge in [0.2, 0.25) is 5.89 Å². The maximum absolute atomic E-state index is 5.87. The molecule has 0 atom stereocenters. The fraction of sp³-hybridized carbons (Fsp3) is 0.100. The monoisotopic (exact) mass is 332 g/mol. The van der Waals surface area contributed by atoms with E-state index in [0.29, 0.717) is 18.1 Å². The van der Waals surface area contributed by atoms with Gasteiger partial charge in [-0.05, 0) is 42.0 Å². The molecule has 0 aliphatic carbocycles. The van der Waals surface area contributed by atoms with Gasteiger partial charge in [-0.1, -0.05) is 12.1 Å². The highest BCUT2D eigenvalue weighted by atomic mass is 16.5. The van der Waals surface area contributed by atoms with Crippen molar-refractivity contribution in [3.63, 3.8) is 0 Å². The first-order chi connectivity index (χ1) is 12.3. The van der Waals surface area contributed by atoms with E-state index in [4.69, 9.17) is 13.9 Å². The maximum atomic E-state index is 5.87. The van der Waals surface area contributed by atoms with E-state index in [1.54, 1.807) is 19.5 Å². The second-order valence-electron chi connectivity index (χ2n) is 5.53. The van der Waals surface area contributed by atoms with E-state index in [2.05, 4.69) is 9.97 Å². The Labute approximate surface area is 144 Å². The molecule has 0 bridgehead atoms. The van der Waals surface area contributed by atoms with Gasteiger partial charge in [0.25, 0.3) is 0 Å². The van der Waals surface area contributed by atoms with Crippen LogP contribution in [0, 0.1) is 0 Å². The molecule has 0 amide bonds. The van der Waals surface area contributed by atoms with Crippen LogP contribution in [0.3, 0.4) is 0 Å². The Morgan fingerprint density at radius 1 is 1.00 bits per heavy atom. The first-order valence-corrected chi connectivity index (χ1v) is 7.88. The number of ether oxygens (including phenoxy) is 2. The summed E-state index contributed by atoms with van der Waals surface area (Å²) >= 11 is 0. The molecule has 0 aliphatic rings. The molecule has 4 rings (SSSR count). The van der Waals surface area contributed by atoms with Gasteiger partial charge in [0.15, 0.2) is 5.58 Å². The molecule has 0 aliphatic heterocycles. The first-order valence-electron chi connectivity index (χ1n) is 7.88. The van der Waals surface area contributed by atoms with Crippen molar-refractivity contribution in [3.05, 3.63) is 72.6 Å². The van der Waals surface area contributed by atoms with Crippen LogP contribution < -0.4 is 9.47 Å². The van der Waals surface area contributed by atoms with Crippen LogP contribution >= 0.6 is 0 Å². The van der Waals surface area contributed by atoms with Crippen LogP contribution in [-0.2, 0) is 6.61 Å². The molecular weight excluding hydrogens is 316 g/mol. The van der Waals surface area contributed by atoms with Crippen molar-refractivity contribution in [1.82, 2.24) is 9.97 Å². The summed E-state index contributed by atoms with van der Waals surface area (Å²) in [5.41, 5.74) is 3.35. The molecule has 4 aromatic rings. The van der Waals surface area contributed by atoms with Crippen molar-refractivity contribution >= 4 is 11.1 Å². The lowest BCUT2D eigenvalue weighted by molar-refractivity contribution is 0.305. The minimum atomic E-state index is 0.454. The molecule has 124 valence electrons. The fourth-order valence-corrected chi connectivity index (χ4v) is 2.54. The topological polar surface area (TPSA) is 57.4 Å². The summed E-state index contributed by atoms with van der Waals surface area (Å²) in [5, 5.41) is 0. The predicted octanol–water partition coefficient (Wildman–Crippen LogP) is 4.48. The number of hydrogen-bond donors (Lipinski definition) is 0. The molecule has 2 heterocycles. The standard InChI is InChI=1S/C20H16N2O3/c1-23-16-6-2-4-14(10-16)13-24-17-7-8-19-18(11-17)22-20(25-19)15-5-3-9-21-12-15/h2-12H,13H2,1H3. The average Bonchev–Trinajstić information content (AvgIpc) is 3.10. The molecular formula is C20H16N2O3. The highest BCUT2D eigenvalue weighted by Crippen LogP contribution is 2.27. The Bertz CT molecular complexity index is 996. The van der Waals surface area contributed by atoms with E-state index >= 15 is 0 Å². The van der Waals surface area contributed by atoms with Crippen molar-refractivity contribution in [3.8, 4) is 23.0 Å². The van der Waals surface area contributed by atoms with Crippen molar-refractivity contribution < 1.29 is 13.9 Å². The largest absolute Gasteiger partial charge is 0.497 e. The third kappa shape index (κ3) is 3.30. The molecule has 0 radical (unpaired) electrons. The van der Waals surface area contributed by atoms with Crippen LogP contribution in [0.5, 0.6) is 11.5 Å². The molecule has 0 N–H and O–H groups in total. The predicted molar refractivity (Wildman–Crippen MR) is 94.6 cm³/mol. The molecule has 2 aromatic carbocycles. The van der Waals surface area contributed by atoms with Gasteiger partial charge in [0.05, 0.1) is 12.7 Å². The molecule has 2 aromatic heterocycles. The Hall–Kier alpha value is -3.34. The number of nitrogens with zero attached hydrogens (tertiary/aromatic N) is 2. The van der Waals surface area contributed by atoms with Crippen LogP contribution in [0.15, 0.2) is 71.4 Å². The lowest BCUT2D eigenvalue weighted by Gasteiger charge is -2.07. The smallest absolute Gasteiger partial charge is 0.228 e. The second kappa shape index (κ2) is 6.65. The highest BCUT2D eigenvalue weighted by Gasteiger charge is 2.09. The molecule has 0 saturated carbocycles. The quantitative estimate of drug-likeness (QED) is 0.539. The zero-order chi connectivity index (χ0) is 17.1. The fourth-order valence-electron chi connectivity index (χ4n) is 2.54. The third-order valence-corrected chi connectivity index (χ3v) is 3.81. The minimum absolute atomic E-state index is 0.454. The van der Waals surface area contributed by atoms with Crippen molar-refractivity contribution in [2.45, 2.75) is 6.61 Å². The van der Waals surface area contributed by atoms with E-state index in [0.717, 1.165) is 28.1 Å². The summed E-state index contributed by atoms with van der Waals surface area (Å²) in [5.74, 6) is 2.10. The number of hydrogen-bond acceptors (Lipinski definition) is 5. The lowest BCUT2D eigenvalue weighted by Crippen LogP contribution is -1.95. The minimum Gasteiger partial charge on any atom is -0.497 e. The van der Waals surface area contributed by atoms with Gasteiger partial charge < -0.3 is 13.9 Å². The second-order valence-corrected chi connectivity index (χ2v) is 5.53. The van der Waals surface area contributed by atoms with E-state index in [1.165, 1.54) is 0 Å². The maximum Gasteiger partial charge on any atom is 0.228 e. The molecule has 0 saturated heterocycles. The summed E-state index contributed by atoms with van der Waals surface area (Å²) in [7, 11) is 1.65. The molecule has 25 heavy (non-hydrogen) atoms. The highest BCUT2D eigenvalue weighted by molar-refractivity contribution is 5.77. The zero-order valence-electron chi connectivity index (χ0n) is 13.7. The van der Waals surface area contributed by atoms with Crippen LogP contribution in [0.4, 0.5) is 0 Å². The van der Waals surface area contributed by atoms with Crippen LogP contribution in [0.2, 0.25) is 0 Å². The number of oxazole rings is 1. The summed E-state index contributed by atoms with van der Waals surface area (Å²) in [6, 6.07) is 17.2. The Balaban J connectivity index is 1.54. The van der Waals surface area contributed by atoms with Gasteiger partial charge in [-0.3, -0.25) is 4.98 Å². The SMILES string of the molecule is COc1cccc(COc2ccc3oc(-c4cccnc4)nc3c2)c1. The van der Waals surface area contributed by atoms with E-state index in [1.807, 2.05) is 54.6 Å². The Morgan fingerprint density at radius 2 is 1.96 bits per heavy atom. The van der Waals surface area contributed by atoms with Crippen LogP contribution in [-0.4, -0.2) is 17.1 Å². The Morgan fingerprint density at radius 3 is 2.80 bits per heavy atom. The number of fused-ring (bicyclic) bond motifs is 1. The number of benzene rings is 2. The number of rotatable bonds is 5. The molecule has 0 fully saturated rings. The van der Waals surface area contributed by atoms with E-state index in [9.17, 15) is 0 Å². The van der Waals surface area contributed by atoms with Crippen LogP contribution in [0.1, 0.15) is 5.56 Å². The van der Waals surface area contributed by atoms with Crippen LogP contribution in [0.25, 0.3) is 22.6 Å². The van der Waals surface area contributed by atoms with E-state index < -0.39 is 0 Å². The lowest BCUT2D eigenvalue weighted by atomic mass is 10.2. The van der Waals surface area contributed by atoms with Crippen molar-refractivity contribution in [2.75, 3.05) is 7.11 Å². The molecule has 0 spiro atoms. The van der Waals surface area contributed by atoms with Gasteiger partial charge in [0, 0.05) is 18.5 Å².